The number of anilines is 1. The molecule has 0 bridgehead atoms. The van der Waals surface area contributed by atoms with E-state index in [0.717, 1.165) is 18.5 Å². The minimum Gasteiger partial charge on any atom is -0.389 e. The fourth-order valence-electron chi connectivity index (χ4n) is 2.93. The van der Waals surface area contributed by atoms with E-state index in [1.807, 2.05) is 17.4 Å². The minimum absolute atomic E-state index is 0.375. The monoisotopic (exact) mass is 302 g/mol. The number of nitrogens with zero attached hydrogens (tertiary/aromatic N) is 1. The molecule has 2 heterocycles. The molecule has 20 heavy (non-hydrogen) atoms. The van der Waals surface area contributed by atoms with Crippen molar-refractivity contribution in [3.63, 3.8) is 0 Å². The predicted octanol–water partition coefficient (Wildman–Crippen LogP) is 3.81. The van der Waals surface area contributed by atoms with Gasteiger partial charge in [-0.2, -0.15) is 0 Å². The van der Waals surface area contributed by atoms with E-state index in [1.54, 1.807) is 0 Å². The fraction of sp³-hybridized carbons (Fsp3) is 0.312. The summed E-state index contributed by atoms with van der Waals surface area (Å²) in [5.74, 6) is 0. The van der Waals surface area contributed by atoms with Gasteiger partial charge in [0.1, 0.15) is 4.99 Å². The van der Waals surface area contributed by atoms with Crippen LogP contribution >= 0.6 is 23.6 Å². The average Bonchev–Trinajstić information content (AvgIpc) is 2.88. The summed E-state index contributed by atoms with van der Waals surface area (Å²) in [4.78, 5) is 4.41. The first kappa shape index (κ1) is 13.6. The minimum atomic E-state index is 0.375. The summed E-state index contributed by atoms with van der Waals surface area (Å²) >= 11 is 7.08. The average molecular weight is 302 g/mol. The molecule has 0 saturated heterocycles. The molecule has 2 aromatic rings. The maximum Gasteiger partial charge on any atom is 0.106 e. The first-order valence-corrected chi connectivity index (χ1v) is 8.10. The van der Waals surface area contributed by atoms with E-state index >= 15 is 0 Å². The van der Waals surface area contributed by atoms with Gasteiger partial charge < -0.3 is 10.6 Å². The second-order valence-electron chi connectivity index (χ2n) is 5.30. The van der Waals surface area contributed by atoms with Crippen molar-refractivity contribution in [2.75, 3.05) is 11.4 Å². The summed E-state index contributed by atoms with van der Waals surface area (Å²) in [6.45, 7) is 5.39. The van der Waals surface area contributed by atoms with Gasteiger partial charge in [-0.1, -0.05) is 18.3 Å². The predicted molar refractivity (Wildman–Crippen MR) is 90.9 cm³/mol. The molecule has 0 fully saturated rings. The van der Waals surface area contributed by atoms with Crippen LogP contribution in [0.25, 0.3) is 0 Å². The molecule has 0 spiro atoms. The topological polar surface area (TPSA) is 29.3 Å². The lowest BCUT2D eigenvalue weighted by molar-refractivity contribution is 0.632. The quantitative estimate of drug-likeness (QED) is 0.855. The zero-order chi connectivity index (χ0) is 14.3. The zero-order valence-electron chi connectivity index (χ0n) is 11.7. The lowest BCUT2D eigenvalue weighted by atomic mass is 9.98. The van der Waals surface area contributed by atoms with Crippen molar-refractivity contribution < 1.29 is 0 Å². The van der Waals surface area contributed by atoms with Gasteiger partial charge in [0, 0.05) is 22.7 Å². The molecule has 1 aliphatic rings. The van der Waals surface area contributed by atoms with Crippen LogP contribution < -0.4 is 10.6 Å². The van der Waals surface area contributed by atoms with Gasteiger partial charge >= 0.3 is 0 Å². The highest BCUT2D eigenvalue weighted by molar-refractivity contribution is 7.80. The summed E-state index contributed by atoms with van der Waals surface area (Å²) in [6.07, 6.45) is 1.10. The molecule has 104 valence electrons. The summed E-state index contributed by atoms with van der Waals surface area (Å²) in [5, 5.41) is 2.19. The molecule has 1 aromatic carbocycles. The van der Waals surface area contributed by atoms with Crippen LogP contribution in [-0.4, -0.2) is 11.5 Å². The van der Waals surface area contributed by atoms with Crippen LogP contribution in [0.15, 0.2) is 29.6 Å². The third kappa shape index (κ3) is 2.23. The van der Waals surface area contributed by atoms with Gasteiger partial charge in [-0.15, -0.1) is 11.3 Å². The number of hydrogen-bond acceptors (Lipinski definition) is 3. The second kappa shape index (κ2) is 5.19. The molecule has 0 aliphatic carbocycles. The van der Waals surface area contributed by atoms with Crippen molar-refractivity contribution in [1.29, 1.82) is 0 Å². The van der Waals surface area contributed by atoms with Crippen molar-refractivity contribution in [1.82, 2.24) is 0 Å². The van der Waals surface area contributed by atoms with Crippen LogP contribution in [-0.2, 0) is 6.42 Å². The van der Waals surface area contributed by atoms with Gasteiger partial charge in [0.15, 0.2) is 0 Å². The van der Waals surface area contributed by atoms with Crippen molar-refractivity contribution >= 4 is 34.2 Å². The number of thiophene rings is 1. The number of thiocarbonyl (C=S) groups is 1. The maximum absolute atomic E-state index is 5.90. The number of fused-ring (bicyclic) bond motifs is 1. The van der Waals surface area contributed by atoms with Crippen molar-refractivity contribution in [2.45, 2.75) is 26.3 Å². The van der Waals surface area contributed by atoms with Gasteiger partial charge in [0.05, 0.1) is 6.04 Å². The number of hydrogen-bond donors (Lipinski definition) is 1. The first-order valence-electron chi connectivity index (χ1n) is 6.81. The number of aryl methyl sites for hydroxylation is 1. The third-order valence-electron chi connectivity index (χ3n) is 4.01. The molecule has 2 nitrogen and oxygen atoms in total. The normalized spacial score (nSPS) is 17.9. The lowest BCUT2D eigenvalue weighted by Gasteiger charge is -2.37. The molecule has 3 rings (SSSR count). The van der Waals surface area contributed by atoms with Crippen LogP contribution in [0.3, 0.4) is 0 Å². The molecule has 1 aromatic heterocycles. The van der Waals surface area contributed by atoms with Crippen LogP contribution in [0.2, 0.25) is 0 Å². The highest BCUT2D eigenvalue weighted by Crippen LogP contribution is 2.37. The summed E-state index contributed by atoms with van der Waals surface area (Å²) in [7, 11) is 0. The Bertz CT molecular complexity index is 660. The molecule has 1 atom stereocenters. The van der Waals surface area contributed by atoms with Gasteiger partial charge in [-0.25, -0.2) is 0 Å². The Hall–Kier alpha value is -1.39. The van der Waals surface area contributed by atoms with Crippen molar-refractivity contribution in [3.8, 4) is 0 Å². The van der Waals surface area contributed by atoms with Crippen LogP contribution in [0.4, 0.5) is 5.69 Å². The molecule has 0 amide bonds. The standard InChI is InChI=1S/C16H18N2S2/c1-10-3-4-13(16(17)19)14(9-10)18-7-5-15-12(11(18)2)6-8-20-15/h3-4,6,8-9,11H,5,7H2,1-2H3,(H2,17,19). The van der Waals surface area contributed by atoms with E-state index in [-0.39, 0.29) is 0 Å². The zero-order valence-corrected chi connectivity index (χ0v) is 13.4. The molecule has 0 saturated carbocycles. The molecule has 4 heteroatoms. The van der Waals surface area contributed by atoms with E-state index in [4.69, 9.17) is 18.0 Å². The second-order valence-corrected chi connectivity index (χ2v) is 6.74. The maximum atomic E-state index is 5.90. The summed E-state index contributed by atoms with van der Waals surface area (Å²) in [5.41, 5.74) is 10.7. The molecular formula is C16H18N2S2. The molecule has 2 N–H and O–H groups in total. The Kier molecular flexibility index (Phi) is 3.52. The Morgan fingerprint density at radius 1 is 1.40 bits per heavy atom. The smallest absolute Gasteiger partial charge is 0.106 e. The largest absolute Gasteiger partial charge is 0.389 e. The lowest BCUT2D eigenvalue weighted by Crippen LogP contribution is -2.34. The molecule has 1 unspecified atom stereocenters. The number of benzene rings is 1. The summed E-state index contributed by atoms with van der Waals surface area (Å²) in [6, 6.07) is 8.93. The van der Waals surface area contributed by atoms with E-state index in [2.05, 4.69) is 42.3 Å². The first-order chi connectivity index (χ1) is 9.58. The third-order valence-corrected chi connectivity index (χ3v) is 5.22. The van der Waals surface area contributed by atoms with E-state index < -0.39 is 0 Å². The molecule has 0 radical (unpaired) electrons. The molecule has 1 aliphatic heterocycles. The summed E-state index contributed by atoms with van der Waals surface area (Å²) < 4.78 is 0. The highest BCUT2D eigenvalue weighted by atomic mass is 32.1. The van der Waals surface area contributed by atoms with Crippen LogP contribution in [0, 0.1) is 6.92 Å². The Balaban J connectivity index is 2.06. The van der Waals surface area contributed by atoms with E-state index in [9.17, 15) is 0 Å². The van der Waals surface area contributed by atoms with Gasteiger partial charge in [0.25, 0.3) is 0 Å². The molecular weight excluding hydrogens is 284 g/mol. The SMILES string of the molecule is Cc1ccc(C(N)=S)c(N2CCc3sccc3C2C)c1. The number of nitrogens with two attached hydrogens (primary N) is 1. The Morgan fingerprint density at radius 3 is 2.95 bits per heavy atom. The Labute approximate surface area is 129 Å². The fourth-order valence-corrected chi connectivity index (χ4v) is 4.06. The van der Waals surface area contributed by atoms with Crippen LogP contribution in [0.5, 0.6) is 0 Å². The number of rotatable bonds is 2. The Morgan fingerprint density at radius 2 is 2.20 bits per heavy atom. The van der Waals surface area contributed by atoms with E-state index in [1.165, 1.54) is 21.7 Å². The van der Waals surface area contributed by atoms with Gasteiger partial charge in [0.2, 0.25) is 0 Å². The highest BCUT2D eigenvalue weighted by Gasteiger charge is 2.26. The van der Waals surface area contributed by atoms with Gasteiger partial charge in [-0.3, -0.25) is 0 Å². The van der Waals surface area contributed by atoms with Gasteiger partial charge in [-0.05, 0) is 55.0 Å². The van der Waals surface area contributed by atoms with Crippen LogP contribution in [0.1, 0.15) is 34.5 Å². The van der Waals surface area contributed by atoms with Crippen molar-refractivity contribution in [3.05, 3.63) is 51.2 Å². The van der Waals surface area contributed by atoms with Crippen molar-refractivity contribution in [2.24, 2.45) is 5.73 Å². The van der Waals surface area contributed by atoms with E-state index in [0.29, 0.717) is 11.0 Å².